The summed E-state index contributed by atoms with van der Waals surface area (Å²) in [4.78, 5) is 25.3. The SMILES string of the molecule is CNC(=O)c1ccc(Cl)c(N2CC(CBr)CC2=O)c1. The predicted molar refractivity (Wildman–Crippen MR) is 79.1 cm³/mol. The van der Waals surface area contributed by atoms with Gasteiger partial charge < -0.3 is 10.2 Å². The standard InChI is InChI=1S/C13H14BrClN2O2/c1-16-13(19)9-2-3-10(15)11(5-9)17-7-8(6-14)4-12(17)18/h2-3,5,8H,4,6-7H2,1H3,(H,16,19). The number of carbonyl (C=O) groups is 2. The van der Waals surface area contributed by atoms with Crippen LogP contribution in [-0.2, 0) is 4.79 Å². The second kappa shape index (κ2) is 5.92. The summed E-state index contributed by atoms with van der Waals surface area (Å²) in [5.74, 6) is 0.134. The molecule has 1 saturated heterocycles. The lowest BCUT2D eigenvalue weighted by Crippen LogP contribution is -2.26. The van der Waals surface area contributed by atoms with E-state index in [1.165, 1.54) is 0 Å². The molecule has 102 valence electrons. The average Bonchev–Trinajstić information content (AvgIpc) is 2.79. The maximum atomic E-state index is 12.0. The highest BCUT2D eigenvalue weighted by molar-refractivity contribution is 9.09. The third-order valence-electron chi connectivity index (χ3n) is 3.15. The molecule has 1 unspecified atom stereocenters. The smallest absolute Gasteiger partial charge is 0.251 e. The third-order valence-corrected chi connectivity index (χ3v) is 4.38. The number of hydrogen-bond acceptors (Lipinski definition) is 2. The van der Waals surface area contributed by atoms with Crippen LogP contribution in [-0.4, -0.2) is 30.7 Å². The van der Waals surface area contributed by atoms with Crippen molar-refractivity contribution in [2.45, 2.75) is 6.42 Å². The van der Waals surface area contributed by atoms with Gasteiger partial charge >= 0.3 is 0 Å². The minimum absolute atomic E-state index is 0.0420. The largest absolute Gasteiger partial charge is 0.355 e. The number of anilines is 1. The van der Waals surface area contributed by atoms with Gasteiger partial charge in [0, 0.05) is 30.9 Å². The topological polar surface area (TPSA) is 49.4 Å². The van der Waals surface area contributed by atoms with Gasteiger partial charge in [-0.25, -0.2) is 0 Å². The quantitative estimate of drug-likeness (QED) is 0.856. The number of nitrogens with one attached hydrogen (secondary N) is 1. The predicted octanol–water partition coefficient (Wildman–Crippen LogP) is 2.45. The zero-order valence-corrected chi connectivity index (χ0v) is 12.8. The fourth-order valence-electron chi connectivity index (χ4n) is 2.12. The highest BCUT2D eigenvalue weighted by atomic mass is 79.9. The van der Waals surface area contributed by atoms with Crippen molar-refractivity contribution in [3.05, 3.63) is 28.8 Å². The van der Waals surface area contributed by atoms with E-state index in [9.17, 15) is 9.59 Å². The van der Waals surface area contributed by atoms with Gasteiger partial charge in [0.2, 0.25) is 5.91 Å². The molecule has 0 bridgehead atoms. The monoisotopic (exact) mass is 344 g/mol. The molecule has 0 saturated carbocycles. The first-order valence-corrected chi connectivity index (χ1v) is 7.44. The van der Waals surface area contributed by atoms with Gasteiger partial charge in [0.1, 0.15) is 0 Å². The van der Waals surface area contributed by atoms with Crippen LogP contribution in [0.5, 0.6) is 0 Å². The number of amides is 2. The Morgan fingerprint density at radius 3 is 2.89 bits per heavy atom. The summed E-state index contributed by atoms with van der Waals surface area (Å²) in [6, 6.07) is 4.96. The molecule has 1 aliphatic rings. The molecule has 2 rings (SSSR count). The number of carbonyl (C=O) groups excluding carboxylic acids is 2. The molecule has 1 atom stereocenters. The van der Waals surface area contributed by atoms with Crippen molar-refractivity contribution >= 4 is 45.0 Å². The van der Waals surface area contributed by atoms with Gasteiger partial charge in [0.25, 0.3) is 5.91 Å². The van der Waals surface area contributed by atoms with Gasteiger partial charge in [-0.3, -0.25) is 9.59 Å². The van der Waals surface area contributed by atoms with Crippen molar-refractivity contribution in [3.8, 4) is 0 Å². The lowest BCUT2D eigenvalue weighted by molar-refractivity contribution is -0.117. The summed E-state index contributed by atoms with van der Waals surface area (Å²) >= 11 is 9.54. The maximum absolute atomic E-state index is 12.0. The summed E-state index contributed by atoms with van der Waals surface area (Å²) in [5, 5.41) is 3.82. The zero-order chi connectivity index (χ0) is 14.0. The van der Waals surface area contributed by atoms with Crippen LogP contribution in [0, 0.1) is 5.92 Å². The minimum atomic E-state index is -0.193. The number of halogens is 2. The Hall–Kier alpha value is -1.07. The van der Waals surface area contributed by atoms with Gasteiger partial charge in [-0.1, -0.05) is 27.5 Å². The average molecular weight is 346 g/mol. The Kier molecular flexibility index (Phi) is 4.47. The van der Waals surface area contributed by atoms with Crippen molar-refractivity contribution in [1.82, 2.24) is 5.32 Å². The molecule has 1 N–H and O–H groups in total. The zero-order valence-electron chi connectivity index (χ0n) is 10.5. The fourth-order valence-corrected chi connectivity index (χ4v) is 2.78. The summed E-state index contributed by atoms with van der Waals surface area (Å²) in [6.45, 7) is 0.626. The molecule has 6 heteroatoms. The molecule has 0 radical (unpaired) electrons. The molecule has 19 heavy (non-hydrogen) atoms. The molecular formula is C13H14BrClN2O2. The van der Waals surface area contributed by atoms with Crippen molar-refractivity contribution in [1.29, 1.82) is 0 Å². The Morgan fingerprint density at radius 1 is 1.58 bits per heavy atom. The van der Waals surface area contributed by atoms with Crippen LogP contribution in [0.15, 0.2) is 18.2 Å². The Morgan fingerprint density at radius 2 is 2.32 bits per heavy atom. The Labute approximate surface area is 125 Å². The molecule has 1 aliphatic heterocycles. The lowest BCUT2D eigenvalue weighted by Gasteiger charge is -2.18. The molecule has 1 aromatic rings. The molecule has 2 amide bonds. The van der Waals surface area contributed by atoms with E-state index in [1.54, 1.807) is 30.1 Å². The van der Waals surface area contributed by atoms with Crippen LogP contribution in [0.4, 0.5) is 5.69 Å². The van der Waals surface area contributed by atoms with Crippen molar-refractivity contribution in [2.75, 3.05) is 23.8 Å². The minimum Gasteiger partial charge on any atom is -0.355 e. The van der Waals surface area contributed by atoms with E-state index in [2.05, 4.69) is 21.2 Å². The number of benzene rings is 1. The summed E-state index contributed by atoms with van der Waals surface area (Å²) in [6.07, 6.45) is 0.506. The highest BCUT2D eigenvalue weighted by Crippen LogP contribution is 2.32. The molecule has 4 nitrogen and oxygen atoms in total. The van der Waals surface area contributed by atoms with E-state index in [0.29, 0.717) is 29.2 Å². The van der Waals surface area contributed by atoms with Gasteiger partial charge in [-0.2, -0.15) is 0 Å². The van der Waals surface area contributed by atoms with Gasteiger partial charge in [-0.15, -0.1) is 0 Å². The summed E-state index contributed by atoms with van der Waals surface area (Å²) < 4.78 is 0. The third kappa shape index (κ3) is 2.92. The molecule has 1 aromatic carbocycles. The van der Waals surface area contributed by atoms with Gasteiger partial charge in [0.05, 0.1) is 10.7 Å². The second-order valence-electron chi connectivity index (χ2n) is 4.47. The van der Waals surface area contributed by atoms with Gasteiger partial charge in [0.15, 0.2) is 0 Å². The van der Waals surface area contributed by atoms with E-state index in [-0.39, 0.29) is 17.7 Å². The van der Waals surface area contributed by atoms with E-state index in [1.807, 2.05) is 0 Å². The number of alkyl halides is 1. The first-order valence-electron chi connectivity index (χ1n) is 5.94. The van der Waals surface area contributed by atoms with Crippen LogP contribution in [0.2, 0.25) is 5.02 Å². The van der Waals surface area contributed by atoms with Crippen LogP contribution in [0.1, 0.15) is 16.8 Å². The van der Waals surface area contributed by atoms with Crippen LogP contribution >= 0.6 is 27.5 Å². The number of hydrogen-bond donors (Lipinski definition) is 1. The molecule has 0 aliphatic carbocycles. The molecule has 1 heterocycles. The summed E-state index contributed by atoms with van der Waals surface area (Å²) in [5.41, 5.74) is 1.10. The first kappa shape index (κ1) is 14.3. The number of nitrogens with zero attached hydrogens (tertiary/aromatic N) is 1. The van der Waals surface area contributed by atoms with E-state index in [0.717, 1.165) is 5.33 Å². The van der Waals surface area contributed by atoms with Crippen molar-refractivity contribution in [3.63, 3.8) is 0 Å². The van der Waals surface area contributed by atoms with Crippen molar-refractivity contribution in [2.24, 2.45) is 5.92 Å². The maximum Gasteiger partial charge on any atom is 0.251 e. The second-order valence-corrected chi connectivity index (χ2v) is 5.53. The fraction of sp³-hybridized carbons (Fsp3) is 0.385. The lowest BCUT2D eigenvalue weighted by atomic mass is 10.1. The van der Waals surface area contributed by atoms with E-state index in [4.69, 9.17) is 11.6 Å². The normalized spacial score (nSPS) is 18.8. The van der Waals surface area contributed by atoms with E-state index < -0.39 is 0 Å². The van der Waals surface area contributed by atoms with E-state index >= 15 is 0 Å². The molecule has 0 spiro atoms. The Balaban J connectivity index is 2.34. The van der Waals surface area contributed by atoms with Crippen LogP contribution in [0.25, 0.3) is 0 Å². The number of rotatable bonds is 3. The van der Waals surface area contributed by atoms with Crippen molar-refractivity contribution < 1.29 is 9.59 Å². The van der Waals surface area contributed by atoms with Gasteiger partial charge in [-0.05, 0) is 24.1 Å². The Bertz CT molecular complexity index is 521. The highest BCUT2D eigenvalue weighted by Gasteiger charge is 2.31. The summed E-state index contributed by atoms with van der Waals surface area (Å²) in [7, 11) is 1.57. The molecule has 0 aromatic heterocycles. The van der Waals surface area contributed by atoms with Crippen LogP contribution < -0.4 is 10.2 Å². The molecule has 1 fully saturated rings. The first-order chi connectivity index (χ1) is 9.06. The van der Waals surface area contributed by atoms with Crippen LogP contribution in [0.3, 0.4) is 0 Å². The molecular weight excluding hydrogens is 332 g/mol.